The lowest BCUT2D eigenvalue weighted by Crippen LogP contribution is -2.28. The lowest BCUT2D eigenvalue weighted by molar-refractivity contribution is -0.151. The Balaban J connectivity index is 1.81. The number of esters is 1. The summed E-state index contributed by atoms with van der Waals surface area (Å²) in [5.41, 5.74) is 0. The van der Waals surface area contributed by atoms with Crippen molar-refractivity contribution in [2.75, 3.05) is 0 Å². The van der Waals surface area contributed by atoms with E-state index in [9.17, 15) is 4.79 Å². The van der Waals surface area contributed by atoms with Crippen LogP contribution in [0.4, 0.5) is 0 Å². The highest BCUT2D eigenvalue weighted by Gasteiger charge is 2.42. The van der Waals surface area contributed by atoms with E-state index in [0.29, 0.717) is 12.3 Å². The van der Waals surface area contributed by atoms with Crippen molar-refractivity contribution in [1.29, 1.82) is 0 Å². The minimum absolute atomic E-state index is 0.00669. The summed E-state index contributed by atoms with van der Waals surface area (Å²) in [4.78, 5) is 11.4. The third kappa shape index (κ3) is 2.35. The largest absolute Gasteiger partial charge is 0.462 e. The quantitative estimate of drug-likeness (QED) is 0.666. The Morgan fingerprint density at radius 1 is 1.40 bits per heavy atom. The van der Waals surface area contributed by atoms with Gasteiger partial charge in [-0.2, -0.15) is 0 Å². The van der Waals surface area contributed by atoms with Gasteiger partial charge in [0.05, 0.1) is 0 Å². The molecule has 2 fully saturated rings. The second kappa shape index (κ2) is 4.54. The van der Waals surface area contributed by atoms with Gasteiger partial charge in [0.2, 0.25) is 0 Å². The summed E-state index contributed by atoms with van der Waals surface area (Å²) in [6, 6.07) is 0. The van der Waals surface area contributed by atoms with Gasteiger partial charge in [-0.05, 0) is 50.4 Å². The number of ether oxygens (including phenoxy) is 1. The minimum Gasteiger partial charge on any atom is -0.462 e. The van der Waals surface area contributed by atoms with Crippen LogP contribution in [0.5, 0.6) is 0 Å². The summed E-state index contributed by atoms with van der Waals surface area (Å²) < 4.78 is 5.49. The molecule has 0 amide bonds. The van der Waals surface area contributed by atoms with Gasteiger partial charge in [0.15, 0.2) is 0 Å². The van der Waals surface area contributed by atoms with Crippen LogP contribution in [0.2, 0.25) is 0 Å². The Morgan fingerprint density at radius 3 is 2.73 bits per heavy atom. The Kier molecular flexibility index (Phi) is 3.32. The highest BCUT2D eigenvalue weighted by molar-refractivity contribution is 5.69. The molecule has 0 aromatic rings. The summed E-state index contributed by atoms with van der Waals surface area (Å²) >= 11 is 0. The fourth-order valence-electron chi connectivity index (χ4n) is 3.43. The molecule has 0 spiro atoms. The smallest absolute Gasteiger partial charge is 0.306 e. The average Bonchev–Trinajstić information content (AvgIpc) is 2.78. The fraction of sp³-hybridized carbons (Fsp3) is 0.923. The lowest BCUT2D eigenvalue weighted by atomic mass is 9.85. The molecule has 0 heterocycles. The van der Waals surface area contributed by atoms with Crippen LogP contribution in [0.1, 0.15) is 52.4 Å². The maximum Gasteiger partial charge on any atom is 0.306 e. The Hall–Kier alpha value is -0.530. The average molecular weight is 210 g/mol. The molecule has 0 radical (unpaired) electrons. The number of rotatable bonds is 4. The standard InChI is InChI=1S/C13H22O2/c1-3-4-13(14)15-9(2)12-8-10-5-6-11(12)7-10/h9-12H,3-8H2,1-2H3/t9-,10+,11+,12-/m1/s1. The predicted molar refractivity (Wildman–Crippen MR) is 59.4 cm³/mol. The van der Waals surface area contributed by atoms with E-state index in [4.69, 9.17) is 4.74 Å². The molecular weight excluding hydrogens is 188 g/mol. The second-order valence-corrected chi connectivity index (χ2v) is 5.28. The van der Waals surface area contributed by atoms with Crippen LogP contribution in [0, 0.1) is 17.8 Å². The number of carbonyl (C=O) groups is 1. The first-order chi connectivity index (χ1) is 7.20. The van der Waals surface area contributed by atoms with E-state index in [1.165, 1.54) is 25.7 Å². The molecule has 2 nitrogen and oxygen atoms in total. The van der Waals surface area contributed by atoms with E-state index in [1.54, 1.807) is 0 Å². The van der Waals surface area contributed by atoms with Crippen LogP contribution in [-0.2, 0) is 9.53 Å². The zero-order valence-electron chi connectivity index (χ0n) is 9.87. The minimum atomic E-state index is -0.00669. The summed E-state index contributed by atoms with van der Waals surface area (Å²) in [6.45, 7) is 4.10. The normalized spacial score (nSPS) is 35.5. The number of carbonyl (C=O) groups excluding carboxylic acids is 1. The lowest BCUT2D eigenvalue weighted by Gasteiger charge is -2.27. The highest BCUT2D eigenvalue weighted by Crippen LogP contribution is 2.50. The molecule has 4 atom stereocenters. The summed E-state index contributed by atoms with van der Waals surface area (Å²) in [7, 11) is 0. The third-order valence-corrected chi connectivity index (χ3v) is 4.17. The summed E-state index contributed by atoms with van der Waals surface area (Å²) in [6.07, 6.45) is 7.08. The van der Waals surface area contributed by atoms with Gasteiger partial charge in [-0.15, -0.1) is 0 Å². The van der Waals surface area contributed by atoms with Gasteiger partial charge in [0.1, 0.15) is 6.10 Å². The van der Waals surface area contributed by atoms with Crippen LogP contribution >= 0.6 is 0 Å². The van der Waals surface area contributed by atoms with Crippen LogP contribution in [-0.4, -0.2) is 12.1 Å². The zero-order chi connectivity index (χ0) is 10.8. The monoisotopic (exact) mass is 210 g/mol. The SMILES string of the molecule is CCCC(=O)O[C@H](C)[C@H]1C[C@H]2CC[C@H]1C2. The van der Waals surface area contributed by atoms with Crippen molar-refractivity contribution >= 4 is 5.97 Å². The fourth-order valence-corrected chi connectivity index (χ4v) is 3.43. The van der Waals surface area contributed by atoms with Crippen molar-refractivity contribution in [2.24, 2.45) is 17.8 Å². The molecule has 0 aliphatic heterocycles. The van der Waals surface area contributed by atoms with Crippen LogP contribution < -0.4 is 0 Å². The van der Waals surface area contributed by atoms with Crippen molar-refractivity contribution in [3.8, 4) is 0 Å². The van der Waals surface area contributed by atoms with Crippen LogP contribution in [0.25, 0.3) is 0 Å². The molecular formula is C13H22O2. The van der Waals surface area contributed by atoms with Gasteiger partial charge >= 0.3 is 5.97 Å². The Bertz CT molecular complexity index is 237. The molecule has 0 unspecified atom stereocenters. The van der Waals surface area contributed by atoms with Crippen molar-refractivity contribution in [2.45, 2.75) is 58.5 Å². The first-order valence-electron chi connectivity index (χ1n) is 6.40. The van der Waals surface area contributed by atoms with Crippen LogP contribution in [0.15, 0.2) is 0 Å². The molecule has 0 saturated heterocycles. The van der Waals surface area contributed by atoms with Gasteiger partial charge < -0.3 is 4.74 Å². The molecule has 2 rings (SSSR count). The van der Waals surface area contributed by atoms with E-state index in [0.717, 1.165) is 18.3 Å². The predicted octanol–water partition coefficient (Wildman–Crippen LogP) is 3.15. The van der Waals surface area contributed by atoms with Crippen LogP contribution in [0.3, 0.4) is 0 Å². The van der Waals surface area contributed by atoms with Crippen molar-refractivity contribution in [3.63, 3.8) is 0 Å². The number of hydrogen-bond donors (Lipinski definition) is 0. The molecule has 0 aromatic heterocycles. The topological polar surface area (TPSA) is 26.3 Å². The molecule has 86 valence electrons. The number of hydrogen-bond acceptors (Lipinski definition) is 2. The molecule has 2 bridgehead atoms. The van der Waals surface area contributed by atoms with E-state index in [-0.39, 0.29) is 12.1 Å². The molecule has 2 aliphatic carbocycles. The summed E-state index contributed by atoms with van der Waals surface area (Å²) in [5, 5.41) is 0. The van der Waals surface area contributed by atoms with Gasteiger partial charge in [-0.25, -0.2) is 0 Å². The molecule has 2 aliphatic rings. The Morgan fingerprint density at radius 2 is 2.20 bits per heavy atom. The maximum absolute atomic E-state index is 11.4. The van der Waals surface area contributed by atoms with Gasteiger partial charge in [-0.3, -0.25) is 4.79 Å². The molecule has 2 saturated carbocycles. The molecule has 15 heavy (non-hydrogen) atoms. The van der Waals surface area contributed by atoms with Gasteiger partial charge in [-0.1, -0.05) is 13.3 Å². The molecule has 2 heteroatoms. The maximum atomic E-state index is 11.4. The van der Waals surface area contributed by atoms with E-state index >= 15 is 0 Å². The molecule has 0 aromatic carbocycles. The number of fused-ring (bicyclic) bond motifs is 2. The third-order valence-electron chi connectivity index (χ3n) is 4.17. The zero-order valence-corrected chi connectivity index (χ0v) is 9.87. The Labute approximate surface area is 92.4 Å². The van der Waals surface area contributed by atoms with E-state index in [1.807, 2.05) is 6.92 Å². The van der Waals surface area contributed by atoms with Crippen molar-refractivity contribution < 1.29 is 9.53 Å². The first-order valence-corrected chi connectivity index (χ1v) is 6.40. The summed E-state index contributed by atoms with van der Waals surface area (Å²) in [5.74, 6) is 2.43. The van der Waals surface area contributed by atoms with E-state index < -0.39 is 0 Å². The first kappa shape index (κ1) is 11.0. The van der Waals surface area contributed by atoms with E-state index in [2.05, 4.69) is 6.92 Å². The van der Waals surface area contributed by atoms with Gasteiger partial charge in [0, 0.05) is 6.42 Å². The highest BCUT2D eigenvalue weighted by atomic mass is 16.5. The second-order valence-electron chi connectivity index (χ2n) is 5.28. The van der Waals surface area contributed by atoms with Crippen molar-refractivity contribution in [1.82, 2.24) is 0 Å². The molecule has 0 N–H and O–H groups in total. The van der Waals surface area contributed by atoms with Gasteiger partial charge in [0.25, 0.3) is 0 Å². The van der Waals surface area contributed by atoms with Crippen molar-refractivity contribution in [3.05, 3.63) is 0 Å².